The molecule has 1 heterocycles. The van der Waals surface area contributed by atoms with Crippen LogP contribution in [0.1, 0.15) is 80.4 Å². The van der Waals surface area contributed by atoms with Gasteiger partial charge in [0.25, 0.3) is 11.8 Å². The van der Waals surface area contributed by atoms with Crippen LogP contribution in [0.5, 0.6) is 0 Å². The van der Waals surface area contributed by atoms with E-state index in [1.165, 1.54) is 0 Å². The molecule has 2 aliphatic rings. The predicted molar refractivity (Wildman–Crippen MR) is 149 cm³/mol. The van der Waals surface area contributed by atoms with E-state index in [4.69, 9.17) is 33.3 Å². The average Bonchev–Trinajstić information content (AvgIpc) is 3.09. The van der Waals surface area contributed by atoms with Crippen molar-refractivity contribution in [1.82, 2.24) is 10.2 Å². The van der Waals surface area contributed by atoms with Gasteiger partial charge >= 0.3 is 5.97 Å². The first-order chi connectivity index (χ1) is 18.0. The van der Waals surface area contributed by atoms with Crippen molar-refractivity contribution in [2.75, 3.05) is 6.54 Å². The van der Waals surface area contributed by atoms with Gasteiger partial charge in [-0.25, -0.2) is 0 Å². The molecule has 0 radical (unpaired) electrons. The number of carboxylic acids is 1. The molecular formula is C29H33Cl2N3O4. The molecule has 0 bridgehead atoms. The summed E-state index contributed by atoms with van der Waals surface area (Å²) >= 11 is 12.6. The SMILES string of the molecule is CCC(c1ccc(C(=O)NCCC(=O)O)cc1)N1C(=O)C(c2cc(Cl)cc(Cl)c2)=NC12CC(C)CC(C)C2. The van der Waals surface area contributed by atoms with Gasteiger partial charge in [0.1, 0.15) is 11.4 Å². The molecule has 3 atom stereocenters. The van der Waals surface area contributed by atoms with Crippen molar-refractivity contribution in [2.45, 2.75) is 64.6 Å². The van der Waals surface area contributed by atoms with Crippen molar-refractivity contribution >= 4 is 46.7 Å². The summed E-state index contributed by atoms with van der Waals surface area (Å²) in [7, 11) is 0. The standard InChI is InChI=1S/C29H33Cl2N3O4/c1-4-24(19-5-7-20(8-6-19)27(37)32-10-9-25(35)36)34-28(38)26(21-12-22(30)14-23(31)13-21)33-29(34)15-17(2)11-18(3)16-29/h5-8,12-14,17-18,24H,4,9-11,15-16H2,1-3H3,(H,32,37)(H,35,36). The number of nitrogens with zero attached hydrogens (tertiary/aromatic N) is 2. The quantitative estimate of drug-likeness (QED) is 0.407. The number of carbonyl (C=O) groups is 3. The van der Waals surface area contributed by atoms with Crippen LogP contribution in [0.25, 0.3) is 0 Å². The van der Waals surface area contributed by atoms with Crippen LogP contribution >= 0.6 is 23.2 Å². The number of aliphatic carboxylic acids is 1. The number of aliphatic imine (C=N–C) groups is 1. The highest BCUT2D eigenvalue weighted by atomic mass is 35.5. The molecule has 9 heteroatoms. The summed E-state index contributed by atoms with van der Waals surface area (Å²) in [5.41, 5.74) is 1.66. The molecule has 1 saturated carbocycles. The highest BCUT2D eigenvalue weighted by Crippen LogP contribution is 2.48. The van der Waals surface area contributed by atoms with Crippen LogP contribution in [0.2, 0.25) is 10.0 Å². The van der Waals surface area contributed by atoms with Crippen LogP contribution in [0.4, 0.5) is 0 Å². The molecular weight excluding hydrogens is 525 g/mol. The lowest BCUT2D eigenvalue weighted by molar-refractivity contribution is -0.137. The summed E-state index contributed by atoms with van der Waals surface area (Å²) in [6.45, 7) is 6.52. The third-order valence-electron chi connectivity index (χ3n) is 7.36. The van der Waals surface area contributed by atoms with Crippen LogP contribution in [0.3, 0.4) is 0 Å². The Bertz CT molecular complexity index is 1230. The van der Waals surface area contributed by atoms with E-state index in [0.717, 1.165) is 24.8 Å². The van der Waals surface area contributed by atoms with Crippen molar-refractivity contribution < 1.29 is 19.5 Å². The monoisotopic (exact) mass is 557 g/mol. The molecule has 38 heavy (non-hydrogen) atoms. The van der Waals surface area contributed by atoms with Crippen molar-refractivity contribution in [2.24, 2.45) is 16.8 Å². The highest BCUT2D eigenvalue weighted by molar-refractivity contribution is 6.47. The molecule has 3 unspecified atom stereocenters. The number of hydrogen-bond acceptors (Lipinski definition) is 4. The fourth-order valence-corrected chi connectivity index (χ4v) is 6.60. The molecule has 0 saturated heterocycles. The smallest absolute Gasteiger partial charge is 0.305 e. The van der Waals surface area contributed by atoms with Crippen LogP contribution < -0.4 is 5.32 Å². The normalized spacial score (nSPS) is 23.9. The number of halogens is 2. The van der Waals surface area contributed by atoms with Crippen LogP contribution in [0.15, 0.2) is 47.5 Å². The molecule has 4 rings (SSSR count). The highest BCUT2D eigenvalue weighted by Gasteiger charge is 2.53. The number of rotatable bonds is 8. The molecule has 2 amide bonds. The third-order valence-corrected chi connectivity index (χ3v) is 7.80. The number of hydrogen-bond donors (Lipinski definition) is 2. The number of benzene rings is 2. The summed E-state index contributed by atoms with van der Waals surface area (Å²) in [6.07, 6.45) is 3.14. The Labute approximate surface area is 233 Å². The largest absolute Gasteiger partial charge is 0.481 e. The Morgan fingerprint density at radius 3 is 2.26 bits per heavy atom. The molecule has 1 spiro atoms. The van der Waals surface area contributed by atoms with E-state index in [1.807, 2.05) is 24.0 Å². The zero-order valence-electron chi connectivity index (χ0n) is 21.8. The van der Waals surface area contributed by atoms with Crippen LogP contribution in [-0.2, 0) is 9.59 Å². The average molecular weight is 559 g/mol. The Kier molecular flexibility index (Phi) is 8.48. The van der Waals surface area contributed by atoms with Gasteiger partial charge in [-0.2, -0.15) is 0 Å². The molecule has 1 aliphatic heterocycles. The van der Waals surface area contributed by atoms with Crippen LogP contribution in [0, 0.1) is 11.8 Å². The van der Waals surface area contributed by atoms with Crippen molar-refractivity contribution in [3.05, 3.63) is 69.2 Å². The van der Waals surface area contributed by atoms with Gasteiger partial charge < -0.3 is 15.3 Å². The maximum Gasteiger partial charge on any atom is 0.305 e. The molecule has 1 fully saturated rings. The molecule has 2 aromatic carbocycles. The van der Waals surface area contributed by atoms with Gasteiger partial charge in [0, 0.05) is 27.7 Å². The number of nitrogens with one attached hydrogen (secondary N) is 1. The first kappa shape index (κ1) is 28.1. The van der Waals surface area contributed by atoms with E-state index in [0.29, 0.717) is 45.1 Å². The van der Waals surface area contributed by atoms with E-state index in [9.17, 15) is 14.4 Å². The fraction of sp³-hybridized carbons (Fsp3) is 0.448. The van der Waals surface area contributed by atoms with Crippen LogP contribution in [-0.4, -0.2) is 45.7 Å². The minimum absolute atomic E-state index is 0.0578. The summed E-state index contributed by atoms with van der Waals surface area (Å²) in [6, 6.07) is 12.0. The topological polar surface area (TPSA) is 99.1 Å². The van der Waals surface area contributed by atoms with Crippen molar-refractivity contribution in [3.63, 3.8) is 0 Å². The molecule has 2 aromatic rings. The second kappa shape index (κ2) is 11.5. The summed E-state index contributed by atoms with van der Waals surface area (Å²) in [5.74, 6) is -0.655. The van der Waals surface area contributed by atoms with E-state index in [-0.39, 0.29) is 30.8 Å². The van der Waals surface area contributed by atoms with E-state index >= 15 is 0 Å². The Morgan fingerprint density at radius 2 is 1.71 bits per heavy atom. The van der Waals surface area contributed by atoms with Gasteiger partial charge in [-0.05, 0) is 73.4 Å². The first-order valence-electron chi connectivity index (χ1n) is 13.0. The second-order valence-electron chi connectivity index (χ2n) is 10.6. The summed E-state index contributed by atoms with van der Waals surface area (Å²) in [5, 5.41) is 12.3. The van der Waals surface area contributed by atoms with Gasteiger partial charge in [0.05, 0.1) is 12.5 Å². The van der Waals surface area contributed by atoms with Gasteiger partial charge in [0.15, 0.2) is 0 Å². The fourth-order valence-electron chi connectivity index (χ4n) is 6.07. The van der Waals surface area contributed by atoms with Crippen molar-refractivity contribution in [3.8, 4) is 0 Å². The van der Waals surface area contributed by atoms with E-state index < -0.39 is 11.6 Å². The van der Waals surface area contributed by atoms with Gasteiger partial charge in [-0.1, -0.05) is 56.1 Å². The Morgan fingerprint density at radius 1 is 1.11 bits per heavy atom. The van der Waals surface area contributed by atoms with Crippen molar-refractivity contribution in [1.29, 1.82) is 0 Å². The zero-order valence-corrected chi connectivity index (χ0v) is 23.4. The van der Waals surface area contributed by atoms with E-state index in [1.54, 1.807) is 30.3 Å². The van der Waals surface area contributed by atoms with Gasteiger partial charge in [-0.15, -0.1) is 0 Å². The summed E-state index contributed by atoms with van der Waals surface area (Å²) < 4.78 is 0. The molecule has 2 N–H and O–H groups in total. The second-order valence-corrected chi connectivity index (χ2v) is 11.4. The summed E-state index contributed by atoms with van der Waals surface area (Å²) in [4.78, 5) is 44.4. The maximum absolute atomic E-state index is 14.1. The molecule has 202 valence electrons. The molecule has 1 aliphatic carbocycles. The Balaban J connectivity index is 1.68. The molecule has 0 aromatic heterocycles. The predicted octanol–water partition coefficient (Wildman–Crippen LogP) is 6.13. The number of amides is 2. The maximum atomic E-state index is 14.1. The minimum atomic E-state index is -0.969. The molecule has 7 nitrogen and oxygen atoms in total. The zero-order chi connectivity index (χ0) is 27.6. The lowest BCUT2D eigenvalue weighted by atomic mass is 9.75. The Hall–Kier alpha value is -2.90. The van der Waals surface area contributed by atoms with Gasteiger partial charge in [0.2, 0.25) is 0 Å². The lowest BCUT2D eigenvalue weighted by Crippen LogP contribution is -2.52. The van der Waals surface area contributed by atoms with E-state index in [2.05, 4.69) is 19.2 Å². The first-order valence-corrected chi connectivity index (χ1v) is 13.8. The third kappa shape index (κ3) is 5.89. The van der Waals surface area contributed by atoms with Gasteiger partial charge in [-0.3, -0.25) is 19.4 Å². The number of carbonyl (C=O) groups excluding carboxylic acids is 2. The minimum Gasteiger partial charge on any atom is -0.481 e. The lowest BCUT2D eigenvalue weighted by Gasteiger charge is -2.47. The number of carboxylic acid groups (broad SMARTS) is 1.